The zero-order valence-electron chi connectivity index (χ0n) is 9.41. The molecule has 0 aliphatic carbocycles. The monoisotopic (exact) mass is 270 g/mol. The van der Waals surface area contributed by atoms with Crippen LogP contribution in [0.5, 0.6) is 0 Å². The van der Waals surface area contributed by atoms with Crippen molar-refractivity contribution in [3.05, 3.63) is 34.3 Å². The molecule has 1 aromatic carbocycles. The molecule has 0 heterocycles. The summed E-state index contributed by atoms with van der Waals surface area (Å²) < 4.78 is 1.14. The fraction of sp³-hybridized carbons (Fsp3) is 0.500. The number of rotatable bonds is 5. The van der Waals surface area contributed by atoms with Crippen LogP contribution in [0.15, 0.2) is 28.7 Å². The van der Waals surface area contributed by atoms with Crippen molar-refractivity contribution in [3.63, 3.8) is 0 Å². The van der Waals surface area contributed by atoms with Gasteiger partial charge in [-0.2, -0.15) is 0 Å². The Bertz CT molecular complexity index is 301. The Morgan fingerprint density at radius 3 is 2.73 bits per heavy atom. The second-order valence-electron chi connectivity index (χ2n) is 3.75. The number of hydrogen-bond acceptors (Lipinski definition) is 2. The average molecular weight is 271 g/mol. The molecule has 1 atom stereocenters. The van der Waals surface area contributed by atoms with Gasteiger partial charge < -0.3 is 5.73 Å². The lowest BCUT2D eigenvalue weighted by molar-refractivity contribution is 0.245. The normalized spacial score (nSPS) is 13.1. The van der Waals surface area contributed by atoms with Gasteiger partial charge in [-0.25, -0.2) is 0 Å². The molecule has 0 fully saturated rings. The number of likely N-dealkylation sites (N-methyl/N-ethyl adjacent to an activating group) is 1. The molecule has 15 heavy (non-hydrogen) atoms. The maximum Gasteiger partial charge on any atom is 0.0343 e. The summed E-state index contributed by atoms with van der Waals surface area (Å²) in [7, 11) is 2.13. The van der Waals surface area contributed by atoms with E-state index in [2.05, 4.69) is 59.1 Å². The Balaban J connectivity index is 2.82. The molecule has 0 saturated heterocycles. The quantitative estimate of drug-likeness (QED) is 0.892. The van der Waals surface area contributed by atoms with Crippen molar-refractivity contribution in [2.75, 3.05) is 20.1 Å². The molecule has 3 heteroatoms. The molecule has 84 valence electrons. The second-order valence-corrected chi connectivity index (χ2v) is 4.66. The van der Waals surface area contributed by atoms with E-state index in [4.69, 9.17) is 5.73 Å². The van der Waals surface area contributed by atoms with E-state index in [1.54, 1.807) is 0 Å². The van der Waals surface area contributed by atoms with Crippen molar-refractivity contribution >= 4 is 15.9 Å². The Labute approximate surface area is 101 Å². The molecule has 0 aliphatic heterocycles. The van der Waals surface area contributed by atoms with E-state index >= 15 is 0 Å². The van der Waals surface area contributed by atoms with Gasteiger partial charge in [0.05, 0.1) is 0 Å². The van der Waals surface area contributed by atoms with Crippen molar-refractivity contribution in [2.45, 2.75) is 19.4 Å². The number of hydrogen-bond donors (Lipinski definition) is 1. The lowest BCUT2D eigenvalue weighted by atomic mass is 10.0. The molecular weight excluding hydrogens is 252 g/mol. The number of nitrogens with zero attached hydrogens (tertiary/aromatic N) is 1. The van der Waals surface area contributed by atoms with Crippen LogP contribution in [0.2, 0.25) is 0 Å². The van der Waals surface area contributed by atoms with Crippen LogP contribution < -0.4 is 5.73 Å². The number of benzene rings is 1. The zero-order chi connectivity index (χ0) is 11.3. The van der Waals surface area contributed by atoms with Crippen LogP contribution >= 0.6 is 15.9 Å². The van der Waals surface area contributed by atoms with Crippen LogP contribution in [0.4, 0.5) is 0 Å². The molecule has 0 spiro atoms. The van der Waals surface area contributed by atoms with E-state index in [9.17, 15) is 0 Å². The maximum absolute atomic E-state index is 5.58. The molecule has 2 N–H and O–H groups in total. The van der Waals surface area contributed by atoms with Crippen LogP contribution in [0.3, 0.4) is 0 Å². The standard InChI is InChI=1S/C12H19BrN2/c1-3-12(15(2)8-7-14)10-5-4-6-11(13)9-10/h4-6,9,12H,3,7-8,14H2,1-2H3. The van der Waals surface area contributed by atoms with E-state index in [1.165, 1.54) is 5.56 Å². The van der Waals surface area contributed by atoms with Crippen molar-refractivity contribution in [1.29, 1.82) is 0 Å². The Morgan fingerprint density at radius 2 is 2.20 bits per heavy atom. The summed E-state index contributed by atoms with van der Waals surface area (Å²) in [6, 6.07) is 8.95. The van der Waals surface area contributed by atoms with Crippen LogP contribution in [-0.2, 0) is 0 Å². The molecule has 1 aromatic rings. The van der Waals surface area contributed by atoms with Crippen molar-refractivity contribution in [1.82, 2.24) is 4.90 Å². The highest BCUT2D eigenvalue weighted by atomic mass is 79.9. The minimum Gasteiger partial charge on any atom is -0.329 e. The highest BCUT2D eigenvalue weighted by Gasteiger charge is 2.14. The summed E-state index contributed by atoms with van der Waals surface area (Å²) >= 11 is 3.50. The minimum atomic E-state index is 0.464. The first-order valence-electron chi connectivity index (χ1n) is 5.34. The molecular formula is C12H19BrN2. The molecule has 0 bridgehead atoms. The largest absolute Gasteiger partial charge is 0.329 e. The third-order valence-electron chi connectivity index (χ3n) is 2.63. The molecule has 0 saturated carbocycles. The number of nitrogens with two attached hydrogens (primary N) is 1. The zero-order valence-corrected chi connectivity index (χ0v) is 11.0. The van der Waals surface area contributed by atoms with Crippen LogP contribution in [0, 0.1) is 0 Å². The van der Waals surface area contributed by atoms with Gasteiger partial charge in [0.2, 0.25) is 0 Å². The molecule has 0 aromatic heterocycles. The summed E-state index contributed by atoms with van der Waals surface area (Å²) in [6.07, 6.45) is 1.10. The highest BCUT2D eigenvalue weighted by molar-refractivity contribution is 9.10. The van der Waals surface area contributed by atoms with Crippen molar-refractivity contribution in [2.24, 2.45) is 5.73 Å². The molecule has 2 nitrogen and oxygen atoms in total. The van der Waals surface area contributed by atoms with Crippen molar-refractivity contribution < 1.29 is 0 Å². The summed E-state index contributed by atoms with van der Waals surface area (Å²) in [5.74, 6) is 0. The fourth-order valence-corrected chi connectivity index (χ4v) is 2.29. The average Bonchev–Trinajstić information content (AvgIpc) is 2.19. The Kier molecular flexibility index (Phi) is 5.29. The van der Waals surface area contributed by atoms with Crippen LogP contribution in [0.25, 0.3) is 0 Å². The Morgan fingerprint density at radius 1 is 1.47 bits per heavy atom. The lowest BCUT2D eigenvalue weighted by Crippen LogP contribution is -2.29. The maximum atomic E-state index is 5.58. The van der Waals surface area contributed by atoms with E-state index in [0.29, 0.717) is 12.6 Å². The third kappa shape index (κ3) is 3.59. The topological polar surface area (TPSA) is 29.3 Å². The molecule has 1 unspecified atom stereocenters. The molecule has 0 radical (unpaired) electrons. The summed E-state index contributed by atoms with van der Waals surface area (Å²) in [6.45, 7) is 3.85. The van der Waals surface area contributed by atoms with Gasteiger partial charge >= 0.3 is 0 Å². The molecule has 0 aliphatic rings. The summed E-state index contributed by atoms with van der Waals surface area (Å²) in [5, 5.41) is 0. The van der Waals surface area contributed by atoms with Gasteiger partial charge in [0.25, 0.3) is 0 Å². The second kappa shape index (κ2) is 6.26. The van der Waals surface area contributed by atoms with Crippen LogP contribution in [-0.4, -0.2) is 25.0 Å². The van der Waals surface area contributed by atoms with E-state index in [0.717, 1.165) is 17.4 Å². The van der Waals surface area contributed by atoms with Gasteiger partial charge in [-0.15, -0.1) is 0 Å². The van der Waals surface area contributed by atoms with E-state index in [-0.39, 0.29) is 0 Å². The highest BCUT2D eigenvalue weighted by Crippen LogP contribution is 2.24. The fourth-order valence-electron chi connectivity index (χ4n) is 1.88. The summed E-state index contributed by atoms with van der Waals surface area (Å²) in [5.41, 5.74) is 6.93. The Hall–Kier alpha value is -0.380. The van der Waals surface area contributed by atoms with Gasteiger partial charge in [0.15, 0.2) is 0 Å². The van der Waals surface area contributed by atoms with Crippen molar-refractivity contribution in [3.8, 4) is 0 Å². The first kappa shape index (κ1) is 12.7. The molecule has 0 amide bonds. The van der Waals surface area contributed by atoms with Gasteiger partial charge in [-0.1, -0.05) is 35.0 Å². The predicted molar refractivity (Wildman–Crippen MR) is 68.9 cm³/mol. The van der Waals surface area contributed by atoms with Gasteiger partial charge in [-0.05, 0) is 31.2 Å². The predicted octanol–water partition coefficient (Wildman–Crippen LogP) is 2.79. The van der Waals surface area contributed by atoms with Crippen LogP contribution in [0.1, 0.15) is 24.9 Å². The lowest BCUT2D eigenvalue weighted by Gasteiger charge is -2.27. The summed E-state index contributed by atoms with van der Waals surface area (Å²) in [4.78, 5) is 2.31. The first-order valence-corrected chi connectivity index (χ1v) is 6.14. The third-order valence-corrected chi connectivity index (χ3v) is 3.13. The van der Waals surface area contributed by atoms with Gasteiger partial charge in [-0.3, -0.25) is 4.90 Å². The number of halogens is 1. The minimum absolute atomic E-state index is 0.464. The first-order chi connectivity index (χ1) is 7.19. The van der Waals surface area contributed by atoms with E-state index < -0.39 is 0 Å². The van der Waals surface area contributed by atoms with E-state index in [1.807, 2.05) is 0 Å². The molecule has 1 rings (SSSR count). The van der Waals surface area contributed by atoms with Gasteiger partial charge in [0, 0.05) is 23.6 Å². The SMILES string of the molecule is CCC(c1cccc(Br)c1)N(C)CCN. The smallest absolute Gasteiger partial charge is 0.0343 e. The van der Waals surface area contributed by atoms with Gasteiger partial charge in [0.1, 0.15) is 0 Å².